The Balaban J connectivity index is 1.68. The van der Waals surface area contributed by atoms with Gasteiger partial charge in [-0.25, -0.2) is 13.4 Å². The Morgan fingerprint density at radius 1 is 1.14 bits per heavy atom. The summed E-state index contributed by atoms with van der Waals surface area (Å²) in [4.78, 5) is 16.3. The molecule has 0 spiro atoms. The van der Waals surface area contributed by atoms with Crippen LogP contribution in [0.5, 0.6) is 0 Å². The number of nitrogens with zero attached hydrogens (tertiary/aromatic N) is 3. The number of benzene rings is 2. The lowest BCUT2D eigenvalue weighted by Gasteiger charge is -2.14. The summed E-state index contributed by atoms with van der Waals surface area (Å²) in [6.07, 6.45) is 3.01. The molecule has 0 saturated carbocycles. The highest BCUT2D eigenvalue weighted by Gasteiger charge is 2.17. The predicted molar refractivity (Wildman–Crippen MR) is 110 cm³/mol. The Bertz CT molecular complexity index is 1090. The van der Waals surface area contributed by atoms with E-state index < -0.39 is 10.0 Å². The molecule has 2 aromatic carbocycles. The van der Waals surface area contributed by atoms with Crippen LogP contribution in [0, 0.1) is 13.8 Å². The van der Waals surface area contributed by atoms with Gasteiger partial charge in [-0.2, -0.15) is 5.10 Å². The molecule has 0 aliphatic rings. The number of hydrogen-bond donors (Lipinski definition) is 2. The quantitative estimate of drug-likeness (QED) is 0.619. The number of carbonyl (C=O) groups excluding carboxylic acids is 1. The van der Waals surface area contributed by atoms with Crippen LogP contribution in [0.3, 0.4) is 0 Å². The molecule has 3 aromatic rings. The van der Waals surface area contributed by atoms with Gasteiger partial charge in [0.1, 0.15) is 12.7 Å². The van der Waals surface area contributed by atoms with E-state index in [1.165, 1.54) is 30.6 Å². The van der Waals surface area contributed by atoms with Crippen molar-refractivity contribution in [1.82, 2.24) is 20.1 Å². The highest BCUT2D eigenvalue weighted by atomic mass is 32.2. The van der Waals surface area contributed by atoms with Gasteiger partial charge in [0.15, 0.2) is 0 Å². The van der Waals surface area contributed by atoms with Crippen molar-refractivity contribution in [2.24, 2.45) is 0 Å². The van der Waals surface area contributed by atoms with Crippen molar-refractivity contribution in [2.45, 2.75) is 38.3 Å². The zero-order valence-corrected chi connectivity index (χ0v) is 17.3. The van der Waals surface area contributed by atoms with Crippen LogP contribution in [0.15, 0.2) is 60.0 Å². The van der Waals surface area contributed by atoms with E-state index in [0.29, 0.717) is 17.8 Å². The van der Waals surface area contributed by atoms with E-state index in [9.17, 15) is 13.2 Å². The van der Waals surface area contributed by atoms with E-state index in [-0.39, 0.29) is 16.8 Å². The summed E-state index contributed by atoms with van der Waals surface area (Å²) < 4.78 is 29.6. The average molecular weight is 414 g/mol. The van der Waals surface area contributed by atoms with E-state index in [4.69, 9.17) is 0 Å². The summed E-state index contributed by atoms with van der Waals surface area (Å²) in [7, 11) is -3.75. The third-order valence-corrected chi connectivity index (χ3v) is 5.96. The number of carbonyl (C=O) groups is 1. The first-order chi connectivity index (χ1) is 13.8. The normalized spacial score (nSPS) is 12.4. The van der Waals surface area contributed by atoms with Crippen LogP contribution in [0.4, 0.5) is 5.69 Å². The van der Waals surface area contributed by atoms with Gasteiger partial charge in [0, 0.05) is 11.6 Å². The molecule has 0 fully saturated rings. The topological polar surface area (TPSA) is 106 Å². The molecule has 1 atom stereocenters. The van der Waals surface area contributed by atoms with Gasteiger partial charge in [-0.15, -0.1) is 0 Å². The molecule has 0 saturated heterocycles. The molecule has 29 heavy (non-hydrogen) atoms. The highest BCUT2D eigenvalue weighted by Crippen LogP contribution is 2.22. The van der Waals surface area contributed by atoms with Crippen molar-refractivity contribution in [3.63, 3.8) is 0 Å². The summed E-state index contributed by atoms with van der Waals surface area (Å²) in [5, 5.41) is 6.85. The Hall–Kier alpha value is -3.20. The summed E-state index contributed by atoms with van der Waals surface area (Å²) in [5.74, 6) is -0.288. The molecule has 0 radical (unpaired) electrons. The minimum atomic E-state index is -3.75. The van der Waals surface area contributed by atoms with Crippen molar-refractivity contribution in [3.05, 3.63) is 71.8 Å². The minimum Gasteiger partial charge on any atom is -0.348 e. The number of anilines is 1. The maximum absolute atomic E-state index is 12.7. The van der Waals surface area contributed by atoms with E-state index in [1.54, 1.807) is 23.1 Å². The Kier molecular flexibility index (Phi) is 5.97. The van der Waals surface area contributed by atoms with Crippen molar-refractivity contribution in [1.29, 1.82) is 0 Å². The molecule has 1 heterocycles. The number of nitrogens with one attached hydrogen (secondary N) is 2. The van der Waals surface area contributed by atoms with Crippen LogP contribution in [0.1, 0.15) is 28.4 Å². The molecule has 0 bridgehead atoms. The third kappa shape index (κ3) is 5.00. The number of aryl methyl sites for hydroxylation is 1. The van der Waals surface area contributed by atoms with Crippen LogP contribution < -0.4 is 10.0 Å². The molecule has 3 rings (SSSR count). The van der Waals surface area contributed by atoms with Crippen LogP contribution in [-0.2, 0) is 16.6 Å². The molecule has 1 aromatic heterocycles. The van der Waals surface area contributed by atoms with Crippen molar-refractivity contribution >= 4 is 21.6 Å². The van der Waals surface area contributed by atoms with Gasteiger partial charge >= 0.3 is 0 Å². The summed E-state index contributed by atoms with van der Waals surface area (Å²) in [6.45, 7) is 6.12. The van der Waals surface area contributed by atoms with E-state index in [1.807, 2.05) is 26.8 Å². The largest absolute Gasteiger partial charge is 0.348 e. The molecular formula is C20H23N5O3S. The van der Waals surface area contributed by atoms with Gasteiger partial charge < -0.3 is 5.32 Å². The fourth-order valence-corrected chi connectivity index (χ4v) is 3.93. The number of hydrogen-bond acceptors (Lipinski definition) is 5. The smallest absolute Gasteiger partial charge is 0.261 e. The van der Waals surface area contributed by atoms with Crippen molar-refractivity contribution < 1.29 is 13.2 Å². The average Bonchev–Trinajstić information content (AvgIpc) is 3.18. The monoisotopic (exact) mass is 413 g/mol. The fourth-order valence-electron chi connectivity index (χ4n) is 2.81. The minimum absolute atomic E-state index is 0.0885. The Morgan fingerprint density at radius 3 is 2.52 bits per heavy atom. The van der Waals surface area contributed by atoms with Crippen LogP contribution in [0.25, 0.3) is 0 Å². The lowest BCUT2D eigenvalue weighted by atomic mass is 10.1. The lowest BCUT2D eigenvalue weighted by molar-refractivity contribution is 0.0936. The molecule has 1 amide bonds. The zero-order chi connectivity index (χ0) is 21.0. The molecule has 0 aliphatic heterocycles. The van der Waals surface area contributed by atoms with E-state index in [2.05, 4.69) is 20.1 Å². The second kappa shape index (κ2) is 8.44. The molecule has 2 N–H and O–H groups in total. The van der Waals surface area contributed by atoms with Gasteiger partial charge in [-0.1, -0.05) is 12.1 Å². The fraction of sp³-hybridized carbons (Fsp3) is 0.250. The molecule has 152 valence electrons. The van der Waals surface area contributed by atoms with Crippen molar-refractivity contribution in [2.75, 3.05) is 4.72 Å². The molecule has 8 nitrogen and oxygen atoms in total. The molecule has 1 unspecified atom stereocenters. The van der Waals surface area contributed by atoms with Gasteiger partial charge in [0.25, 0.3) is 15.9 Å². The third-order valence-electron chi connectivity index (χ3n) is 4.58. The van der Waals surface area contributed by atoms with Gasteiger partial charge in [-0.05, 0) is 62.2 Å². The first-order valence-corrected chi connectivity index (χ1v) is 10.6. The standard InChI is InChI=1S/C20H23N5O3S/c1-14-5-4-6-19(16(14)3)24-29(27,28)18-9-7-17(8-10-18)20(26)23-15(2)11-25-13-21-12-22-25/h4-10,12-13,15,24H,11H2,1-3H3,(H,23,26). The van der Waals surface area contributed by atoms with Gasteiger partial charge in [0.2, 0.25) is 0 Å². The SMILES string of the molecule is Cc1cccc(NS(=O)(=O)c2ccc(C(=O)NC(C)Cn3cncn3)cc2)c1C. The van der Waals surface area contributed by atoms with Gasteiger partial charge in [-0.3, -0.25) is 14.2 Å². The first-order valence-electron chi connectivity index (χ1n) is 9.08. The maximum atomic E-state index is 12.7. The number of amides is 1. The summed E-state index contributed by atoms with van der Waals surface area (Å²) in [6, 6.07) is 11.1. The van der Waals surface area contributed by atoms with E-state index >= 15 is 0 Å². The predicted octanol–water partition coefficient (Wildman–Crippen LogP) is 2.51. The van der Waals surface area contributed by atoms with Crippen molar-refractivity contribution in [3.8, 4) is 0 Å². The van der Waals surface area contributed by atoms with Crippen LogP contribution in [-0.4, -0.2) is 35.1 Å². The second-order valence-corrected chi connectivity index (χ2v) is 8.55. The molecular weight excluding hydrogens is 390 g/mol. The number of aromatic nitrogens is 3. The van der Waals surface area contributed by atoms with E-state index in [0.717, 1.165) is 11.1 Å². The lowest BCUT2D eigenvalue weighted by Crippen LogP contribution is -2.35. The van der Waals surface area contributed by atoms with Crippen LogP contribution in [0.2, 0.25) is 0 Å². The summed E-state index contributed by atoms with van der Waals surface area (Å²) in [5.41, 5.74) is 2.78. The molecule has 9 heteroatoms. The van der Waals surface area contributed by atoms with Crippen LogP contribution >= 0.6 is 0 Å². The Morgan fingerprint density at radius 2 is 1.86 bits per heavy atom. The maximum Gasteiger partial charge on any atom is 0.261 e. The first kappa shape index (κ1) is 20.5. The van der Waals surface area contributed by atoms with Gasteiger partial charge in [0.05, 0.1) is 17.1 Å². The zero-order valence-electron chi connectivity index (χ0n) is 16.5. The molecule has 0 aliphatic carbocycles. The Labute approximate surface area is 170 Å². The highest BCUT2D eigenvalue weighted by molar-refractivity contribution is 7.92. The number of rotatable bonds is 7. The second-order valence-electron chi connectivity index (χ2n) is 6.87. The number of sulfonamides is 1. The summed E-state index contributed by atoms with van der Waals surface area (Å²) >= 11 is 0.